The Morgan fingerprint density at radius 1 is 1.09 bits per heavy atom. The second kappa shape index (κ2) is 8.73. The van der Waals surface area contributed by atoms with Crippen LogP contribution in [0, 0.1) is 0 Å². The van der Waals surface area contributed by atoms with Gasteiger partial charge in [-0.2, -0.15) is 0 Å². The molecule has 0 bridgehead atoms. The molecule has 0 atom stereocenters. The number of aromatic nitrogens is 1. The Labute approximate surface area is 199 Å². The first kappa shape index (κ1) is 21.2. The smallest absolute Gasteiger partial charge is 0.257 e. The maximum absolute atomic E-state index is 12.6. The molecule has 0 spiro atoms. The zero-order chi connectivity index (χ0) is 22.9. The van der Waals surface area contributed by atoms with E-state index in [1.54, 1.807) is 36.4 Å². The minimum atomic E-state index is -0.370. The third kappa shape index (κ3) is 4.35. The van der Waals surface area contributed by atoms with E-state index in [9.17, 15) is 4.79 Å². The van der Waals surface area contributed by atoms with Crippen molar-refractivity contribution in [2.24, 2.45) is 0 Å². The number of aryl methyl sites for hydroxylation is 1. The first-order valence-corrected chi connectivity index (χ1v) is 11.0. The molecule has 0 aliphatic carbocycles. The lowest BCUT2D eigenvalue weighted by Gasteiger charge is -2.11. The van der Waals surface area contributed by atoms with Gasteiger partial charge in [-0.1, -0.05) is 24.6 Å². The van der Waals surface area contributed by atoms with Crippen LogP contribution in [0.2, 0.25) is 5.02 Å². The largest absolute Gasteiger partial charge is 0.454 e. The van der Waals surface area contributed by atoms with Crippen LogP contribution in [0.1, 0.15) is 22.8 Å². The Hall–Kier alpha value is -3.62. The molecule has 3 aromatic carbocycles. The molecule has 0 saturated heterocycles. The Morgan fingerprint density at radius 3 is 2.79 bits per heavy atom. The number of carbonyl (C=O) groups is 1. The minimum absolute atomic E-state index is 0.135. The molecule has 0 saturated carbocycles. The van der Waals surface area contributed by atoms with Crippen molar-refractivity contribution in [3.8, 4) is 23.0 Å². The van der Waals surface area contributed by atoms with E-state index < -0.39 is 0 Å². The van der Waals surface area contributed by atoms with Gasteiger partial charge in [0.15, 0.2) is 22.2 Å². The van der Waals surface area contributed by atoms with E-state index in [-0.39, 0.29) is 17.8 Å². The first-order chi connectivity index (χ1) is 16.0. The number of hydrogen-bond acceptors (Lipinski definition) is 6. The highest BCUT2D eigenvalue weighted by atomic mass is 35.5. The van der Waals surface area contributed by atoms with Gasteiger partial charge < -0.3 is 19.2 Å². The summed E-state index contributed by atoms with van der Waals surface area (Å²) in [6, 6.07) is 16.1. The van der Waals surface area contributed by atoms with Crippen molar-refractivity contribution in [3.63, 3.8) is 0 Å². The van der Waals surface area contributed by atoms with Gasteiger partial charge in [0.05, 0.1) is 10.6 Å². The number of carbonyl (C=O) groups excluding carboxylic acids is 1. The molecule has 1 aliphatic rings. The standard InChI is InChI=1S/C24H18ClN3O4S/c1-2-13-3-7-19-18(9-13)27-23(32-19)16-11-15(5-6-17(16)25)26-24(33)28-22(29)14-4-8-20-21(10-14)31-12-30-20/h3-11H,2,12H2,1H3,(H2,26,28,29,33). The molecule has 1 aromatic heterocycles. The number of hydrogen-bond donors (Lipinski definition) is 2. The fourth-order valence-electron chi connectivity index (χ4n) is 3.45. The van der Waals surface area contributed by atoms with Crippen LogP contribution in [0.25, 0.3) is 22.6 Å². The van der Waals surface area contributed by atoms with E-state index in [1.165, 1.54) is 5.56 Å². The molecule has 5 rings (SSSR count). The molecule has 9 heteroatoms. The highest BCUT2D eigenvalue weighted by molar-refractivity contribution is 7.80. The maximum atomic E-state index is 12.6. The van der Waals surface area contributed by atoms with Crippen LogP contribution < -0.4 is 20.1 Å². The van der Waals surface area contributed by atoms with Gasteiger partial charge in [0.25, 0.3) is 5.91 Å². The third-order valence-electron chi connectivity index (χ3n) is 5.18. The lowest BCUT2D eigenvalue weighted by molar-refractivity contribution is 0.0977. The normalized spacial score (nSPS) is 12.1. The molecule has 0 radical (unpaired) electrons. The number of anilines is 1. The number of nitrogens with zero attached hydrogens (tertiary/aromatic N) is 1. The summed E-state index contributed by atoms with van der Waals surface area (Å²) >= 11 is 11.7. The number of amides is 1. The number of thiocarbonyl (C=S) groups is 1. The van der Waals surface area contributed by atoms with E-state index in [0.29, 0.717) is 44.8 Å². The highest BCUT2D eigenvalue weighted by Crippen LogP contribution is 2.33. The van der Waals surface area contributed by atoms with Crippen molar-refractivity contribution in [2.45, 2.75) is 13.3 Å². The molecule has 2 heterocycles. The number of ether oxygens (including phenoxy) is 2. The summed E-state index contributed by atoms with van der Waals surface area (Å²) in [6.07, 6.45) is 0.910. The second-order valence-electron chi connectivity index (χ2n) is 7.35. The van der Waals surface area contributed by atoms with E-state index >= 15 is 0 Å². The number of fused-ring (bicyclic) bond motifs is 2. The summed E-state index contributed by atoms with van der Waals surface area (Å²) < 4.78 is 16.5. The lowest BCUT2D eigenvalue weighted by Crippen LogP contribution is -2.34. The third-order valence-corrected chi connectivity index (χ3v) is 5.71. The number of benzene rings is 3. The average molecular weight is 480 g/mol. The molecule has 0 unspecified atom stereocenters. The number of nitrogens with one attached hydrogen (secondary N) is 2. The topological polar surface area (TPSA) is 85.6 Å². The molecular weight excluding hydrogens is 462 g/mol. The number of halogens is 1. The minimum Gasteiger partial charge on any atom is -0.454 e. The SMILES string of the molecule is CCc1ccc2oc(-c3cc(NC(=S)NC(=O)c4ccc5c(c4)OCO5)ccc3Cl)nc2c1. The zero-order valence-electron chi connectivity index (χ0n) is 17.5. The van der Waals surface area contributed by atoms with Gasteiger partial charge in [-0.15, -0.1) is 0 Å². The van der Waals surface area contributed by atoms with Crippen molar-refractivity contribution in [2.75, 3.05) is 12.1 Å². The summed E-state index contributed by atoms with van der Waals surface area (Å²) in [6.45, 7) is 2.22. The molecule has 33 heavy (non-hydrogen) atoms. The van der Waals surface area contributed by atoms with Gasteiger partial charge in [-0.25, -0.2) is 4.98 Å². The van der Waals surface area contributed by atoms with E-state index in [0.717, 1.165) is 11.9 Å². The molecular formula is C24H18ClN3O4S. The Bertz CT molecular complexity index is 1400. The van der Waals surface area contributed by atoms with Crippen molar-refractivity contribution in [1.29, 1.82) is 0 Å². The predicted octanol–water partition coefficient (Wildman–Crippen LogP) is 5.57. The van der Waals surface area contributed by atoms with Crippen LogP contribution >= 0.6 is 23.8 Å². The first-order valence-electron chi connectivity index (χ1n) is 10.2. The van der Waals surface area contributed by atoms with E-state index in [2.05, 4.69) is 22.5 Å². The van der Waals surface area contributed by atoms with Gasteiger partial charge in [0, 0.05) is 11.3 Å². The average Bonchev–Trinajstić information content (AvgIpc) is 3.45. The molecule has 1 aliphatic heterocycles. The number of oxazole rings is 1. The second-order valence-corrected chi connectivity index (χ2v) is 8.16. The van der Waals surface area contributed by atoms with Gasteiger partial charge in [0.1, 0.15) is 5.52 Å². The quantitative estimate of drug-likeness (QED) is 0.370. The molecule has 2 N–H and O–H groups in total. The molecule has 1 amide bonds. The van der Waals surface area contributed by atoms with Crippen LogP contribution in [-0.2, 0) is 6.42 Å². The van der Waals surface area contributed by atoms with Crippen molar-refractivity contribution < 1.29 is 18.7 Å². The van der Waals surface area contributed by atoms with Gasteiger partial charge in [0.2, 0.25) is 12.7 Å². The molecule has 166 valence electrons. The predicted molar refractivity (Wildman–Crippen MR) is 130 cm³/mol. The van der Waals surface area contributed by atoms with Crippen molar-refractivity contribution >= 4 is 51.6 Å². The van der Waals surface area contributed by atoms with Gasteiger partial charge in [-0.3, -0.25) is 10.1 Å². The molecule has 7 nitrogen and oxygen atoms in total. The van der Waals surface area contributed by atoms with Crippen LogP contribution in [0.15, 0.2) is 59.0 Å². The van der Waals surface area contributed by atoms with Crippen LogP contribution in [0.4, 0.5) is 5.69 Å². The summed E-state index contributed by atoms with van der Waals surface area (Å²) in [7, 11) is 0. The molecule has 4 aromatic rings. The summed E-state index contributed by atoms with van der Waals surface area (Å²) in [4.78, 5) is 17.1. The van der Waals surface area contributed by atoms with Gasteiger partial charge >= 0.3 is 0 Å². The van der Waals surface area contributed by atoms with Crippen LogP contribution in [0.5, 0.6) is 11.5 Å². The summed E-state index contributed by atoms with van der Waals surface area (Å²) in [5.74, 6) is 1.16. The molecule has 0 fully saturated rings. The van der Waals surface area contributed by atoms with E-state index in [4.69, 9.17) is 37.7 Å². The van der Waals surface area contributed by atoms with E-state index in [1.807, 2.05) is 18.2 Å². The van der Waals surface area contributed by atoms with Crippen LogP contribution in [-0.4, -0.2) is 22.8 Å². The summed E-state index contributed by atoms with van der Waals surface area (Å²) in [5, 5.41) is 6.28. The van der Waals surface area contributed by atoms with Gasteiger partial charge in [-0.05, 0) is 72.7 Å². The fraction of sp³-hybridized carbons (Fsp3) is 0.125. The Morgan fingerprint density at radius 2 is 1.94 bits per heavy atom. The lowest BCUT2D eigenvalue weighted by atomic mass is 10.1. The monoisotopic (exact) mass is 479 g/mol. The highest BCUT2D eigenvalue weighted by Gasteiger charge is 2.17. The zero-order valence-corrected chi connectivity index (χ0v) is 19.0. The Kier molecular flexibility index (Phi) is 5.62. The summed E-state index contributed by atoms with van der Waals surface area (Å²) in [5.41, 5.74) is 4.27. The van der Waals surface area contributed by atoms with Crippen molar-refractivity contribution in [1.82, 2.24) is 10.3 Å². The van der Waals surface area contributed by atoms with Crippen molar-refractivity contribution in [3.05, 3.63) is 70.7 Å². The Balaban J connectivity index is 1.32. The maximum Gasteiger partial charge on any atom is 0.257 e. The number of rotatable bonds is 4. The van der Waals surface area contributed by atoms with Crippen LogP contribution in [0.3, 0.4) is 0 Å². The fourth-order valence-corrected chi connectivity index (χ4v) is 3.86.